The topological polar surface area (TPSA) is 39.4 Å². The molecule has 0 spiro atoms. The van der Waals surface area contributed by atoms with Crippen LogP contribution in [0, 0.1) is 11.3 Å². The highest BCUT2D eigenvalue weighted by atomic mass is 35.5. The Kier molecular flexibility index (Phi) is 3.12. The highest BCUT2D eigenvalue weighted by Crippen LogP contribution is 2.24. The number of halogens is 1. The molecule has 1 aromatic rings. The van der Waals surface area contributed by atoms with Gasteiger partial charge in [-0.3, -0.25) is 0 Å². The summed E-state index contributed by atoms with van der Waals surface area (Å²) in [5.74, 6) is 1.04. The van der Waals surface area contributed by atoms with Gasteiger partial charge in [0.05, 0.1) is 11.3 Å². The predicted molar refractivity (Wildman–Crippen MR) is 65.1 cm³/mol. The molecule has 0 N–H and O–H groups in total. The first-order chi connectivity index (χ1) is 7.70. The largest absolute Gasteiger partial charge is 0.363 e. The van der Waals surface area contributed by atoms with Crippen molar-refractivity contribution in [2.24, 2.45) is 4.99 Å². The first-order valence-corrected chi connectivity index (χ1v) is 5.57. The molecule has 16 heavy (non-hydrogen) atoms. The molecule has 1 aliphatic heterocycles. The second-order valence-electron chi connectivity index (χ2n) is 3.83. The Balaban J connectivity index is 2.38. The molecule has 82 valence electrons. The number of aliphatic imine (C=N–C) groups is 1. The lowest BCUT2D eigenvalue weighted by molar-refractivity contribution is 0.550. The zero-order valence-corrected chi connectivity index (χ0v) is 9.83. The third-order valence-corrected chi connectivity index (χ3v) is 2.90. The van der Waals surface area contributed by atoms with Gasteiger partial charge in [-0.25, -0.2) is 4.99 Å². The quantitative estimate of drug-likeness (QED) is 0.748. The molecule has 1 aliphatic rings. The number of nitrogens with zero attached hydrogens (tertiary/aromatic N) is 3. The highest BCUT2D eigenvalue weighted by Gasteiger charge is 2.14. The van der Waals surface area contributed by atoms with E-state index in [1.165, 1.54) is 0 Å². The minimum absolute atomic E-state index is 0.528. The van der Waals surface area contributed by atoms with Crippen LogP contribution in [0.3, 0.4) is 0 Å². The zero-order valence-electron chi connectivity index (χ0n) is 9.07. The van der Waals surface area contributed by atoms with E-state index in [0.717, 1.165) is 25.2 Å². The summed E-state index contributed by atoms with van der Waals surface area (Å²) in [5.41, 5.74) is 1.23. The van der Waals surface area contributed by atoms with Gasteiger partial charge >= 0.3 is 0 Å². The van der Waals surface area contributed by atoms with E-state index in [1.54, 1.807) is 18.2 Å². The van der Waals surface area contributed by atoms with Crippen LogP contribution in [0.5, 0.6) is 0 Å². The van der Waals surface area contributed by atoms with Crippen LogP contribution in [0.4, 0.5) is 5.69 Å². The van der Waals surface area contributed by atoms with Crippen molar-refractivity contribution in [3.05, 3.63) is 28.8 Å². The number of benzene rings is 1. The van der Waals surface area contributed by atoms with Gasteiger partial charge in [-0.1, -0.05) is 11.6 Å². The molecule has 0 unspecified atom stereocenters. The maximum absolute atomic E-state index is 8.99. The number of hydrogen-bond donors (Lipinski definition) is 0. The van der Waals surface area contributed by atoms with E-state index in [-0.39, 0.29) is 0 Å². The summed E-state index contributed by atoms with van der Waals surface area (Å²) in [6.07, 6.45) is 2.11. The van der Waals surface area contributed by atoms with Gasteiger partial charge in [0.25, 0.3) is 0 Å². The number of likely N-dealkylation sites (tertiary alicyclic amines) is 1. The first kappa shape index (κ1) is 11.0. The third-order valence-electron chi connectivity index (χ3n) is 2.66. The molecule has 2 rings (SSSR count). The molecule has 1 saturated heterocycles. The minimum Gasteiger partial charge on any atom is -0.363 e. The predicted octanol–water partition coefficient (Wildman–Crippen LogP) is 2.97. The molecule has 0 radical (unpaired) electrons. The lowest BCUT2D eigenvalue weighted by atomic mass is 10.2. The molecule has 1 heterocycles. The summed E-state index contributed by atoms with van der Waals surface area (Å²) in [4.78, 5) is 6.63. The van der Waals surface area contributed by atoms with E-state index in [2.05, 4.69) is 16.0 Å². The molecular formula is C12H12ClN3. The Hall–Kier alpha value is -1.53. The maximum Gasteiger partial charge on any atom is 0.105 e. The van der Waals surface area contributed by atoms with Gasteiger partial charge in [-0.05, 0) is 24.6 Å². The van der Waals surface area contributed by atoms with Crippen molar-refractivity contribution in [3.63, 3.8) is 0 Å². The molecular weight excluding hydrogens is 222 g/mol. The van der Waals surface area contributed by atoms with E-state index in [0.29, 0.717) is 16.3 Å². The fourth-order valence-electron chi connectivity index (χ4n) is 1.77. The van der Waals surface area contributed by atoms with Gasteiger partial charge in [0.15, 0.2) is 0 Å². The smallest absolute Gasteiger partial charge is 0.105 e. The standard InChI is InChI=1S/C12H12ClN3/c1-16-6-2-3-12(16)15-11-5-4-10(13)7-9(11)8-14/h4-5,7H,2-3,6H2,1H3. The average Bonchev–Trinajstić information content (AvgIpc) is 2.67. The van der Waals surface area contributed by atoms with Crippen molar-refractivity contribution < 1.29 is 0 Å². The summed E-state index contributed by atoms with van der Waals surface area (Å²) >= 11 is 5.83. The summed E-state index contributed by atoms with van der Waals surface area (Å²) in [6, 6.07) is 7.32. The third kappa shape index (κ3) is 2.17. The molecule has 0 aliphatic carbocycles. The van der Waals surface area contributed by atoms with Crippen molar-refractivity contribution in [3.8, 4) is 6.07 Å². The van der Waals surface area contributed by atoms with Crippen molar-refractivity contribution in [1.82, 2.24) is 4.90 Å². The first-order valence-electron chi connectivity index (χ1n) is 5.19. The monoisotopic (exact) mass is 233 g/mol. The number of hydrogen-bond acceptors (Lipinski definition) is 2. The Labute approximate surface area is 100.0 Å². The molecule has 4 heteroatoms. The van der Waals surface area contributed by atoms with E-state index in [1.807, 2.05) is 7.05 Å². The average molecular weight is 234 g/mol. The van der Waals surface area contributed by atoms with Crippen LogP contribution in [-0.2, 0) is 0 Å². The Morgan fingerprint density at radius 1 is 1.50 bits per heavy atom. The maximum atomic E-state index is 8.99. The summed E-state index contributed by atoms with van der Waals surface area (Å²) in [6.45, 7) is 1.04. The number of rotatable bonds is 1. The molecule has 3 nitrogen and oxygen atoms in total. The van der Waals surface area contributed by atoms with Gasteiger partial charge < -0.3 is 4.90 Å². The van der Waals surface area contributed by atoms with E-state index < -0.39 is 0 Å². The van der Waals surface area contributed by atoms with Crippen LogP contribution in [0.15, 0.2) is 23.2 Å². The van der Waals surface area contributed by atoms with Crippen molar-refractivity contribution >= 4 is 23.1 Å². The van der Waals surface area contributed by atoms with E-state index >= 15 is 0 Å². The van der Waals surface area contributed by atoms with Crippen LogP contribution >= 0.6 is 11.6 Å². The van der Waals surface area contributed by atoms with Crippen LogP contribution in [0.25, 0.3) is 0 Å². The minimum atomic E-state index is 0.528. The van der Waals surface area contributed by atoms with Crippen molar-refractivity contribution in [2.45, 2.75) is 12.8 Å². The van der Waals surface area contributed by atoms with Crippen LogP contribution < -0.4 is 0 Å². The van der Waals surface area contributed by atoms with Crippen molar-refractivity contribution in [2.75, 3.05) is 13.6 Å². The number of nitriles is 1. The van der Waals surface area contributed by atoms with Gasteiger partial charge in [0.2, 0.25) is 0 Å². The molecule has 0 atom stereocenters. The fraction of sp³-hybridized carbons (Fsp3) is 0.333. The summed E-state index contributed by atoms with van der Waals surface area (Å²) in [7, 11) is 2.02. The molecule has 0 aromatic heterocycles. The van der Waals surface area contributed by atoms with Crippen molar-refractivity contribution in [1.29, 1.82) is 5.26 Å². The lowest BCUT2D eigenvalue weighted by Gasteiger charge is -2.11. The van der Waals surface area contributed by atoms with Crippen LogP contribution in [0.1, 0.15) is 18.4 Å². The highest BCUT2D eigenvalue weighted by molar-refractivity contribution is 6.30. The summed E-state index contributed by atoms with van der Waals surface area (Å²) < 4.78 is 0. The molecule has 0 saturated carbocycles. The van der Waals surface area contributed by atoms with E-state index in [9.17, 15) is 0 Å². The Bertz CT molecular complexity index is 474. The second kappa shape index (κ2) is 4.54. The normalized spacial score (nSPS) is 17.8. The lowest BCUT2D eigenvalue weighted by Crippen LogP contribution is -2.18. The Morgan fingerprint density at radius 3 is 2.94 bits per heavy atom. The van der Waals surface area contributed by atoms with Gasteiger partial charge in [-0.15, -0.1) is 0 Å². The molecule has 0 amide bonds. The zero-order chi connectivity index (χ0) is 11.5. The SMILES string of the molecule is CN1CCCC1=Nc1ccc(Cl)cc1C#N. The fourth-order valence-corrected chi connectivity index (χ4v) is 1.94. The van der Waals surface area contributed by atoms with E-state index in [4.69, 9.17) is 16.9 Å². The van der Waals surface area contributed by atoms with Crippen LogP contribution in [0.2, 0.25) is 5.02 Å². The molecule has 0 bridgehead atoms. The second-order valence-corrected chi connectivity index (χ2v) is 4.26. The summed E-state index contributed by atoms with van der Waals surface area (Å²) in [5, 5.41) is 9.56. The molecule has 1 fully saturated rings. The number of amidine groups is 1. The van der Waals surface area contributed by atoms with Crippen LogP contribution in [-0.4, -0.2) is 24.3 Å². The van der Waals surface area contributed by atoms with Gasteiger partial charge in [0, 0.05) is 25.0 Å². The van der Waals surface area contributed by atoms with Gasteiger partial charge in [-0.2, -0.15) is 5.26 Å². The van der Waals surface area contributed by atoms with Gasteiger partial charge in [0.1, 0.15) is 11.9 Å². The Morgan fingerprint density at radius 2 is 2.31 bits per heavy atom. The molecule has 1 aromatic carbocycles.